The van der Waals surface area contributed by atoms with Crippen molar-refractivity contribution in [3.05, 3.63) is 12.7 Å². The van der Waals surface area contributed by atoms with Crippen LogP contribution < -0.4 is 5.11 Å². The summed E-state index contributed by atoms with van der Waals surface area (Å²) >= 11 is 0. The molecule has 0 saturated carbocycles. The molecule has 0 aromatic heterocycles. The summed E-state index contributed by atoms with van der Waals surface area (Å²) in [7, 11) is 0. The molecule has 0 aliphatic carbocycles. The standard InChI is InChI=1S/C3H3O2.Ba/c1-2-3(4)5;/h1-2H,(H,4,5);/q-1;+2/p-1. The van der Waals surface area contributed by atoms with Crippen molar-refractivity contribution in [1.82, 2.24) is 0 Å². The van der Waals surface area contributed by atoms with Crippen LogP contribution >= 0.6 is 0 Å². The third-order valence-corrected chi connectivity index (χ3v) is 0.136. The maximum atomic E-state index is 9.08. The van der Waals surface area contributed by atoms with Crippen LogP contribution in [0.4, 0.5) is 0 Å². The van der Waals surface area contributed by atoms with Crippen LogP contribution in [0.1, 0.15) is 0 Å². The number of carboxylic acid groups (broad SMARTS) is 1. The first-order valence-corrected chi connectivity index (χ1v) is 1.03. The minimum atomic E-state index is -1.34. The Kier molecular flexibility index (Phi) is 9.55. The molecule has 0 fully saturated rings. The molecule has 0 aromatic rings. The molecule has 0 rings (SSSR count). The Balaban J connectivity index is 0. The zero-order chi connectivity index (χ0) is 4.28. The number of aliphatic carboxylic acids is 1. The summed E-state index contributed by atoms with van der Waals surface area (Å²) in [6.45, 7) is 4.38. The van der Waals surface area contributed by atoms with E-state index in [0.717, 1.165) is 0 Å². The van der Waals surface area contributed by atoms with E-state index in [2.05, 4.69) is 6.58 Å². The van der Waals surface area contributed by atoms with Gasteiger partial charge in [-0.3, -0.25) is 6.58 Å². The summed E-state index contributed by atoms with van der Waals surface area (Å²) < 4.78 is 0. The summed E-state index contributed by atoms with van der Waals surface area (Å²) in [4.78, 5) is 9.08. The van der Waals surface area contributed by atoms with Gasteiger partial charge in [-0.1, -0.05) is 0 Å². The number of hydrogen-bond acceptors (Lipinski definition) is 2. The molecule has 0 aliphatic heterocycles. The van der Waals surface area contributed by atoms with Gasteiger partial charge in [0.15, 0.2) is 0 Å². The molecule has 0 N–H and O–H groups in total. The molecular weight excluding hydrogens is 205 g/mol. The number of carbonyl (C=O) groups excluding carboxylic acids is 1. The van der Waals surface area contributed by atoms with Gasteiger partial charge in [0.1, 0.15) is 0 Å². The second kappa shape index (κ2) is 5.78. The maximum Gasteiger partial charge on any atom is 2.00 e. The Morgan fingerprint density at radius 2 is 2.00 bits per heavy atom. The maximum absolute atomic E-state index is 9.08. The van der Waals surface area contributed by atoms with Crippen LogP contribution in [0.2, 0.25) is 0 Å². The molecular formula is C3H2BaO2. The van der Waals surface area contributed by atoms with Gasteiger partial charge in [-0.2, -0.15) is 0 Å². The Bertz CT molecular complexity index is 59.8. The van der Waals surface area contributed by atoms with Crippen molar-refractivity contribution in [3.63, 3.8) is 0 Å². The van der Waals surface area contributed by atoms with Gasteiger partial charge < -0.3 is 9.90 Å². The summed E-state index contributed by atoms with van der Waals surface area (Å²) in [5.41, 5.74) is 0. The Morgan fingerprint density at radius 1 is 1.83 bits per heavy atom. The topological polar surface area (TPSA) is 40.1 Å². The summed E-state index contributed by atoms with van der Waals surface area (Å²) in [5.74, 6) is -1.34. The number of carbonyl (C=O) groups is 1. The quantitative estimate of drug-likeness (QED) is 0.293. The van der Waals surface area contributed by atoms with Crippen LogP contribution in [0.5, 0.6) is 0 Å². The van der Waals surface area contributed by atoms with Crippen molar-refractivity contribution in [2.45, 2.75) is 0 Å². The minimum absolute atomic E-state index is 0. The van der Waals surface area contributed by atoms with Crippen LogP contribution in [0, 0.1) is 6.58 Å². The summed E-state index contributed by atoms with van der Waals surface area (Å²) in [5, 5.41) is 9.08. The molecule has 0 saturated heterocycles. The monoisotopic (exact) mass is 208 g/mol. The molecule has 0 unspecified atom stereocenters. The largest absolute Gasteiger partial charge is 2.00 e. The van der Waals surface area contributed by atoms with Gasteiger partial charge in [0.05, 0.1) is 0 Å². The molecule has 0 heterocycles. The molecule has 6 heavy (non-hydrogen) atoms. The fourth-order valence-corrected chi connectivity index (χ4v) is 0. The van der Waals surface area contributed by atoms with Crippen LogP contribution in [0.15, 0.2) is 6.08 Å². The smallest absolute Gasteiger partial charge is 0.658 e. The Labute approximate surface area is 76.3 Å². The fraction of sp³-hybridized carbons (Fsp3) is 0. The van der Waals surface area contributed by atoms with Crippen molar-refractivity contribution in [2.75, 3.05) is 0 Å². The predicted octanol–water partition coefficient (Wildman–Crippen LogP) is -1.66. The van der Waals surface area contributed by atoms with Crippen LogP contribution in [0.3, 0.4) is 0 Å². The molecule has 28 valence electrons. The van der Waals surface area contributed by atoms with E-state index in [9.17, 15) is 0 Å². The van der Waals surface area contributed by atoms with Crippen molar-refractivity contribution >= 4 is 54.9 Å². The summed E-state index contributed by atoms with van der Waals surface area (Å²) in [6.07, 6.45) is 0.472. The van der Waals surface area contributed by atoms with E-state index >= 15 is 0 Å². The zero-order valence-corrected chi connectivity index (χ0v) is 7.62. The molecule has 0 aliphatic rings. The second-order valence-electron chi connectivity index (χ2n) is 0.486. The van der Waals surface area contributed by atoms with E-state index in [0.29, 0.717) is 6.08 Å². The van der Waals surface area contributed by atoms with Crippen molar-refractivity contribution in [3.8, 4) is 0 Å². The first kappa shape index (κ1) is 9.91. The van der Waals surface area contributed by atoms with Crippen molar-refractivity contribution in [2.24, 2.45) is 0 Å². The molecule has 0 amide bonds. The summed E-state index contributed by atoms with van der Waals surface area (Å²) in [6, 6.07) is 0. The van der Waals surface area contributed by atoms with E-state index in [1.54, 1.807) is 0 Å². The third kappa shape index (κ3) is 8.84. The van der Waals surface area contributed by atoms with Gasteiger partial charge in [0, 0.05) is 0 Å². The van der Waals surface area contributed by atoms with E-state index in [4.69, 9.17) is 9.90 Å². The SMILES string of the molecule is [Ba+2].[CH-]=CC(=O)[O-]. The predicted molar refractivity (Wildman–Crippen MR) is 19.6 cm³/mol. The fourth-order valence-electron chi connectivity index (χ4n) is 0. The van der Waals surface area contributed by atoms with Crippen LogP contribution in [-0.2, 0) is 4.79 Å². The molecule has 2 nitrogen and oxygen atoms in total. The Hall–Kier alpha value is 0.781. The Morgan fingerprint density at radius 3 is 2.00 bits per heavy atom. The first-order valence-electron chi connectivity index (χ1n) is 1.03. The normalized spacial score (nSPS) is 5.33. The average molecular weight is 207 g/mol. The molecule has 0 radical (unpaired) electrons. The average Bonchev–Trinajstić information content (AvgIpc) is 1.38. The van der Waals surface area contributed by atoms with Gasteiger partial charge in [-0.15, -0.1) is 5.97 Å². The zero-order valence-electron chi connectivity index (χ0n) is 3.18. The second-order valence-corrected chi connectivity index (χ2v) is 0.486. The number of rotatable bonds is 1. The van der Waals surface area contributed by atoms with Gasteiger partial charge in [-0.25, -0.2) is 6.08 Å². The number of hydrogen-bond donors (Lipinski definition) is 0. The minimum Gasteiger partial charge on any atom is -0.658 e. The first-order chi connectivity index (χ1) is 2.27. The van der Waals surface area contributed by atoms with E-state index < -0.39 is 5.97 Å². The van der Waals surface area contributed by atoms with Gasteiger partial charge >= 0.3 is 48.9 Å². The van der Waals surface area contributed by atoms with Crippen LogP contribution in [0.25, 0.3) is 0 Å². The van der Waals surface area contributed by atoms with Gasteiger partial charge in [-0.05, 0) is 0 Å². The third-order valence-electron chi connectivity index (χ3n) is 0.136. The number of carboxylic acids is 1. The molecule has 0 aromatic carbocycles. The molecule has 3 heteroatoms. The van der Waals surface area contributed by atoms with Crippen molar-refractivity contribution in [1.29, 1.82) is 0 Å². The van der Waals surface area contributed by atoms with E-state index in [1.807, 2.05) is 0 Å². The van der Waals surface area contributed by atoms with Gasteiger partial charge in [0.2, 0.25) is 0 Å². The van der Waals surface area contributed by atoms with Crippen molar-refractivity contribution < 1.29 is 9.90 Å². The van der Waals surface area contributed by atoms with Gasteiger partial charge in [0.25, 0.3) is 0 Å². The molecule has 0 atom stereocenters. The van der Waals surface area contributed by atoms with E-state index in [1.165, 1.54) is 0 Å². The van der Waals surface area contributed by atoms with Crippen LogP contribution in [-0.4, -0.2) is 54.9 Å². The molecule has 0 spiro atoms. The van der Waals surface area contributed by atoms with E-state index in [-0.39, 0.29) is 48.9 Å². The molecule has 0 bridgehead atoms.